The summed E-state index contributed by atoms with van der Waals surface area (Å²) >= 11 is 0. The van der Waals surface area contributed by atoms with Gasteiger partial charge in [-0.25, -0.2) is 0 Å². The molecule has 0 atom stereocenters. The maximum Gasteiger partial charge on any atom is 0.233 e. The van der Waals surface area contributed by atoms with E-state index in [4.69, 9.17) is 0 Å². The molecule has 0 spiro atoms. The molecule has 28 heavy (non-hydrogen) atoms. The summed E-state index contributed by atoms with van der Waals surface area (Å²) in [5.41, 5.74) is 3.06. The van der Waals surface area contributed by atoms with Crippen LogP contribution in [0.5, 0.6) is 0 Å². The number of carbonyl (C=O) groups excluding carboxylic acids is 2. The Bertz CT molecular complexity index is 960. The van der Waals surface area contributed by atoms with E-state index in [0.717, 1.165) is 24.2 Å². The van der Waals surface area contributed by atoms with E-state index < -0.39 is 0 Å². The van der Waals surface area contributed by atoms with E-state index in [2.05, 4.69) is 34.4 Å². The Morgan fingerprint density at radius 1 is 0.893 bits per heavy atom. The van der Waals surface area contributed by atoms with Crippen LogP contribution in [-0.2, 0) is 9.59 Å². The molecule has 1 aromatic heterocycles. The van der Waals surface area contributed by atoms with Crippen molar-refractivity contribution < 1.29 is 9.59 Å². The molecule has 6 heteroatoms. The predicted molar refractivity (Wildman–Crippen MR) is 114 cm³/mol. The second-order valence-electron chi connectivity index (χ2n) is 6.37. The molecule has 0 aliphatic carbocycles. The minimum atomic E-state index is -0.379. The summed E-state index contributed by atoms with van der Waals surface area (Å²) in [6, 6.07) is 16.9. The van der Waals surface area contributed by atoms with Gasteiger partial charge in [-0.1, -0.05) is 18.2 Å². The quantitative estimate of drug-likeness (QED) is 0.610. The van der Waals surface area contributed by atoms with E-state index in [9.17, 15) is 9.59 Å². The van der Waals surface area contributed by atoms with Crippen LogP contribution in [0.1, 0.15) is 20.3 Å². The Hall–Kier alpha value is -3.41. The van der Waals surface area contributed by atoms with Gasteiger partial charge in [0.25, 0.3) is 0 Å². The summed E-state index contributed by atoms with van der Waals surface area (Å²) in [4.78, 5) is 31.0. The molecule has 0 unspecified atom stereocenters. The monoisotopic (exact) mass is 376 g/mol. The van der Waals surface area contributed by atoms with Crippen molar-refractivity contribution in [1.82, 2.24) is 4.98 Å². The zero-order valence-electron chi connectivity index (χ0n) is 16.1. The van der Waals surface area contributed by atoms with Gasteiger partial charge in [-0.05, 0) is 50.2 Å². The maximum atomic E-state index is 12.3. The van der Waals surface area contributed by atoms with Gasteiger partial charge < -0.3 is 15.5 Å². The second-order valence-corrected chi connectivity index (χ2v) is 6.37. The van der Waals surface area contributed by atoms with Gasteiger partial charge in [-0.3, -0.25) is 14.6 Å². The van der Waals surface area contributed by atoms with Crippen LogP contribution in [0.15, 0.2) is 60.8 Å². The third-order valence-corrected chi connectivity index (χ3v) is 4.51. The number of amides is 2. The number of nitrogens with one attached hydrogen (secondary N) is 2. The highest BCUT2D eigenvalue weighted by Gasteiger charge is 2.12. The van der Waals surface area contributed by atoms with Gasteiger partial charge >= 0.3 is 0 Å². The van der Waals surface area contributed by atoms with Gasteiger partial charge in [0.15, 0.2) is 0 Å². The average Bonchev–Trinajstić information content (AvgIpc) is 2.70. The number of aromatic nitrogens is 1. The molecule has 2 amide bonds. The minimum absolute atomic E-state index is 0.263. The normalized spacial score (nSPS) is 10.5. The number of para-hydroxylation sites is 1. The molecule has 144 valence electrons. The van der Waals surface area contributed by atoms with Crippen LogP contribution in [0.4, 0.5) is 17.1 Å². The predicted octanol–water partition coefficient (Wildman–Crippen LogP) is 4.05. The Morgan fingerprint density at radius 3 is 2.29 bits per heavy atom. The second kappa shape index (κ2) is 8.99. The summed E-state index contributed by atoms with van der Waals surface area (Å²) in [5, 5.41) is 6.46. The summed E-state index contributed by atoms with van der Waals surface area (Å²) in [7, 11) is 0. The average molecular weight is 376 g/mol. The maximum absolute atomic E-state index is 12.3. The first-order valence-corrected chi connectivity index (χ1v) is 9.39. The number of hydrogen-bond donors (Lipinski definition) is 2. The fourth-order valence-electron chi connectivity index (χ4n) is 3.09. The van der Waals surface area contributed by atoms with Crippen LogP contribution >= 0.6 is 0 Å². The Kier molecular flexibility index (Phi) is 6.22. The van der Waals surface area contributed by atoms with Gasteiger partial charge in [0.05, 0.1) is 11.2 Å². The number of fused-ring (bicyclic) bond motifs is 1. The summed E-state index contributed by atoms with van der Waals surface area (Å²) in [6.07, 6.45) is 1.41. The molecule has 6 nitrogen and oxygen atoms in total. The van der Waals surface area contributed by atoms with Gasteiger partial charge in [0, 0.05) is 36.0 Å². The smallest absolute Gasteiger partial charge is 0.233 e. The van der Waals surface area contributed by atoms with Crippen LogP contribution < -0.4 is 15.5 Å². The van der Waals surface area contributed by atoms with E-state index in [0.29, 0.717) is 16.9 Å². The third kappa shape index (κ3) is 4.65. The Morgan fingerprint density at radius 2 is 1.57 bits per heavy atom. The number of nitrogens with zero attached hydrogens (tertiary/aromatic N) is 2. The number of hydrogen-bond acceptors (Lipinski definition) is 4. The molecule has 3 aromatic rings. The molecule has 0 saturated carbocycles. The van der Waals surface area contributed by atoms with E-state index in [-0.39, 0.29) is 18.2 Å². The lowest BCUT2D eigenvalue weighted by Crippen LogP contribution is -2.22. The van der Waals surface area contributed by atoms with Crippen LogP contribution in [-0.4, -0.2) is 29.9 Å². The topological polar surface area (TPSA) is 74.3 Å². The van der Waals surface area contributed by atoms with Crippen molar-refractivity contribution in [1.29, 1.82) is 0 Å². The van der Waals surface area contributed by atoms with Crippen LogP contribution in [0, 0.1) is 0 Å². The van der Waals surface area contributed by atoms with Crippen molar-refractivity contribution in [2.24, 2.45) is 0 Å². The largest absolute Gasteiger partial charge is 0.372 e. The van der Waals surface area contributed by atoms with Crippen molar-refractivity contribution in [3.63, 3.8) is 0 Å². The highest BCUT2D eigenvalue weighted by Crippen LogP contribution is 2.21. The molecular weight excluding hydrogens is 352 g/mol. The van der Waals surface area contributed by atoms with Crippen molar-refractivity contribution >= 4 is 39.8 Å². The Balaban J connectivity index is 1.59. The van der Waals surface area contributed by atoms with E-state index in [1.165, 1.54) is 0 Å². The van der Waals surface area contributed by atoms with Crippen molar-refractivity contribution in [2.75, 3.05) is 28.6 Å². The molecule has 0 radical (unpaired) electrons. The lowest BCUT2D eigenvalue weighted by molar-refractivity contribution is -0.123. The van der Waals surface area contributed by atoms with Gasteiger partial charge in [-0.2, -0.15) is 0 Å². The SMILES string of the molecule is CCN(CC)c1ccc(NC(=O)CC(=O)Nc2cccc3cccnc23)cc1. The summed E-state index contributed by atoms with van der Waals surface area (Å²) < 4.78 is 0. The molecule has 1 heterocycles. The highest BCUT2D eigenvalue weighted by atomic mass is 16.2. The number of anilines is 3. The van der Waals surface area contributed by atoms with Gasteiger partial charge in [0.2, 0.25) is 11.8 Å². The summed E-state index contributed by atoms with van der Waals surface area (Å²) in [5.74, 6) is -0.739. The van der Waals surface area contributed by atoms with E-state index in [1.807, 2.05) is 48.5 Å². The fourth-order valence-corrected chi connectivity index (χ4v) is 3.09. The number of rotatable bonds is 7. The highest BCUT2D eigenvalue weighted by molar-refractivity contribution is 6.10. The standard InChI is InChI=1S/C22H24N4O2/c1-3-26(4-2)18-12-10-17(11-13-18)24-20(27)15-21(28)25-19-9-5-7-16-8-6-14-23-22(16)19/h5-14H,3-4,15H2,1-2H3,(H,24,27)(H,25,28). The Labute approximate surface area is 164 Å². The molecule has 3 rings (SSSR count). The van der Waals surface area contributed by atoms with Crippen molar-refractivity contribution in [3.05, 3.63) is 60.8 Å². The third-order valence-electron chi connectivity index (χ3n) is 4.51. The first-order valence-electron chi connectivity index (χ1n) is 9.39. The van der Waals surface area contributed by atoms with Gasteiger partial charge in [0.1, 0.15) is 6.42 Å². The van der Waals surface area contributed by atoms with E-state index >= 15 is 0 Å². The lowest BCUT2D eigenvalue weighted by atomic mass is 10.2. The zero-order valence-corrected chi connectivity index (χ0v) is 16.1. The molecular formula is C22H24N4O2. The molecule has 0 aliphatic rings. The number of carbonyl (C=O) groups is 2. The minimum Gasteiger partial charge on any atom is -0.372 e. The first-order chi connectivity index (χ1) is 13.6. The molecule has 0 aliphatic heterocycles. The molecule has 0 fully saturated rings. The van der Waals surface area contributed by atoms with Crippen LogP contribution in [0.25, 0.3) is 10.9 Å². The van der Waals surface area contributed by atoms with Crippen LogP contribution in [0.3, 0.4) is 0 Å². The summed E-state index contributed by atoms with van der Waals surface area (Å²) in [6.45, 7) is 6.04. The number of benzene rings is 2. The molecule has 0 bridgehead atoms. The molecule has 2 aromatic carbocycles. The van der Waals surface area contributed by atoms with Crippen LogP contribution in [0.2, 0.25) is 0 Å². The van der Waals surface area contributed by atoms with E-state index in [1.54, 1.807) is 12.3 Å². The molecule has 0 saturated heterocycles. The van der Waals surface area contributed by atoms with Crippen molar-refractivity contribution in [3.8, 4) is 0 Å². The first kappa shape index (κ1) is 19.4. The fraction of sp³-hybridized carbons (Fsp3) is 0.227. The molecule has 2 N–H and O–H groups in total. The lowest BCUT2D eigenvalue weighted by Gasteiger charge is -2.21. The van der Waals surface area contributed by atoms with Crippen molar-refractivity contribution in [2.45, 2.75) is 20.3 Å². The zero-order chi connectivity index (χ0) is 19.9. The van der Waals surface area contributed by atoms with Gasteiger partial charge in [-0.15, -0.1) is 0 Å². The number of pyridine rings is 1.